The summed E-state index contributed by atoms with van der Waals surface area (Å²) < 4.78 is 0. The lowest BCUT2D eigenvalue weighted by Crippen LogP contribution is -2.56. The van der Waals surface area contributed by atoms with Crippen molar-refractivity contribution in [1.29, 1.82) is 0 Å². The Kier molecular flexibility index (Phi) is 4.76. The molecule has 3 amide bonds. The summed E-state index contributed by atoms with van der Waals surface area (Å²) in [5, 5.41) is 13.8. The van der Waals surface area contributed by atoms with Gasteiger partial charge in [0.25, 0.3) is 0 Å². The normalized spacial score (nSPS) is 16.0. The molecule has 1 atom stereocenters. The number of carbonyl (C=O) groups excluding carboxylic acids is 2. The third-order valence-corrected chi connectivity index (χ3v) is 3.23. The van der Waals surface area contributed by atoms with E-state index >= 15 is 0 Å². The topological polar surface area (TPSA) is 98.7 Å². The fourth-order valence-corrected chi connectivity index (χ4v) is 2.25. The Labute approximate surface area is 121 Å². The molecule has 1 aromatic carbocycles. The van der Waals surface area contributed by atoms with E-state index in [1.807, 2.05) is 30.3 Å². The molecule has 7 heteroatoms. The molecule has 21 heavy (non-hydrogen) atoms. The maximum atomic E-state index is 12.4. The number of hydrogen-bond acceptors (Lipinski definition) is 3. The molecule has 0 radical (unpaired) electrons. The van der Waals surface area contributed by atoms with Crippen LogP contribution >= 0.6 is 0 Å². The molecule has 1 aliphatic rings. The fourth-order valence-electron chi connectivity index (χ4n) is 2.25. The van der Waals surface area contributed by atoms with Crippen LogP contribution in [0.15, 0.2) is 30.3 Å². The van der Waals surface area contributed by atoms with Crippen LogP contribution in [-0.4, -0.2) is 53.6 Å². The van der Waals surface area contributed by atoms with Crippen LogP contribution in [0.3, 0.4) is 0 Å². The van der Waals surface area contributed by atoms with Gasteiger partial charge in [0.1, 0.15) is 6.04 Å². The van der Waals surface area contributed by atoms with Gasteiger partial charge in [-0.1, -0.05) is 30.3 Å². The maximum Gasteiger partial charge on any atom is 0.405 e. The molecule has 0 saturated carbocycles. The minimum absolute atomic E-state index is 0.0363. The van der Waals surface area contributed by atoms with E-state index < -0.39 is 12.1 Å². The van der Waals surface area contributed by atoms with Crippen molar-refractivity contribution < 1.29 is 19.5 Å². The third kappa shape index (κ3) is 4.20. The molecule has 1 unspecified atom stereocenters. The number of piperazine rings is 1. The van der Waals surface area contributed by atoms with Gasteiger partial charge in [0, 0.05) is 19.5 Å². The lowest BCUT2D eigenvalue weighted by atomic mass is 10.0. The van der Waals surface area contributed by atoms with Gasteiger partial charge in [0.05, 0.1) is 6.54 Å². The second kappa shape index (κ2) is 6.74. The predicted molar refractivity (Wildman–Crippen MR) is 74.7 cm³/mol. The first-order valence-electron chi connectivity index (χ1n) is 6.65. The molecule has 0 aromatic heterocycles. The number of hydrogen-bond donors (Lipinski definition) is 3. The molecule has 3 N–H and O–H groups in total. The van der Waals surface area contributed by atoms with Crippen molar-refractivity contribution in [2.45, 2.75) is 12.5 Å². The van der Waals surface area contributed by atoms with E-state index in [1.54, 1.807) is 0 Å². The number of amides is 3. The first-order valence-corrected chi connectivity index (χ1v) is 6.65. The summed E-state index contributed by atoms with van der Waals surface area (Å²) >= 11 is 0. The summed E-state index contributed by atoms with van der Waals surface area (Å²) in [7, 11) is 0. The van der Waals surface area contributed by atoms with Crippen LogP contribution in [0.5, 0.6) is 0 Å². The summed E-state index contributed by atoms with van der Waals surface area (Å²) in [6.45, 7) is 0.734. The van der Waals surface area contributed by atoms with Gasteiger partial charge < -0.3 is 20.6 Å². The van der Waals surface area contributed by atoms with E-state index in [9.17, 15) is 14.4 Å². The van der Waals surface area contributed by atoms with Crippen LogP contribution in [0, 0.1) is 0 Å². The molecule has 1 fully saturated rings. The van der Waals surface area contributed by atoms with E-state index in [4.69, 9.17) is 5.11 Å². The number of nitrogens with one attached hydrogen (secondary N) is 2. The van der Waals surface area contributed by atoms with Gasteiger partial charge >= 0.3 is 6.09 Å². The first kappa shape index (κ1) is 14.8. The summed E-state index contributed by atoms with van der Waals surface area (Å²) in [5.74, 6) is -0.612. The summed E-state index contributed by atoms with van der Waals surface area (Å²) in [6, 6.07) is 8.26. The van der Waals surface area contributed by atoms with E-state index in [2.05, 4.69) is 10.6 Å². The molecule has 1 saturated heterocycles. The Balaban J connectivity index is 2.09. The number of carboxylic acid groups (broad SMARTS) is 1. The van der Waals surface area contributed by atoms with Crippen LogP contribution in [0.4, 0.5) is 4.79 Å². The molecule has 0 spiro atoms. The Hall–Kier alpha value is -2.57. The van der Waals surface area contributed by atoms with E-state index in [1.165, 1.54) is 4.90 Å². The highest BCUT2D eigenvalue weighted by atomic mass is 16.4. The Morgan fingerprint density at radius 1 is 1.33 bits per heavy atom. The van der Waals surface area contributed by atoms with Crippen molar-refractivity contribution in [2.75, 3.05) is 19.6 Å². The van der Waals surface area contributed by atoms with Crippen LogP contribution < -0.4 is 10.6 Å². The number of nitrogens with zero attached hydrogens (tertiary/aromatic N) is 1. The molecule has 112 valence electrons. The van der Waals surface area contributed by atoms with Gasteiger partial charge in [-0.3, -0.25) is 9.59 Å². The van der Waals surface area contributed by atoms with Gasteiger partial charge in [-0.15, -0.1) is 0 Å². The SMILES string of the molecule is O=C(O)NC(Cc1ccccc1)C(=O)N1CCNC(=O)C1. The zero-order chi connectivity index (χ0) is 15.2. The van der Waals surface area contributed by atoms with Crippen LogP contribution in [0.1, 0.15) is 5.56 Å². The lowest BCUT2D eigenvalue weighted by Gasteiger charge is -2.30. The first-order chi connectivity index (χ1) is 10.1. The molecule has 7 nitrogen and oxygen atoms in total. The number of carbonyl (C=O) groups is 3. The highest BCUT2D eigenvalue weighted by Crippen LogP contribution is 2.07. The van der Waals surface area contributed by atoms with E-state index in [0.29, 0.717) is 13.1 Å². The molecule has 0 aliphatic carbocycles. The van der Waals surface area contributed by atoms with Crippen molar-refractivity contribution in [2.24, 2.45) is 0 Å². The summed E-state index contributed by atoms with van der Waals surface area (Å²) in [5.41, 5.74) is 0.853. The van der Waals surface area contributed by atoms with Crippen molar-refractivity contribution >= 4 is 17.9 Å². The lowest BCUT2D eigenvalue weighted by molar-refractivity contribution is -0.139. The molecule has 1 aromatic rings. The van der Waals surface area contributed by atoms with Gasteiger partial charge in [0.2, 0.25) is 11.8 Å². The second-order valence-corrected chi connectivity index (χ2v) is 4.80. The van der Waals surface area contributed by atoms with Gasteiger partial charge in [0.15, 0.2) is 0 Å². The molecular formula is C14H17N3O4. The summed E-state index contributed by atoms with van der Waals surface area (Å²) in [4.78, 5) is 36.0. The quantitative estimate of drug-likeness (QED) is 0.717. The highest BCUT2D eigenvalue weighted by molar-refractivity contribution is 5.90. The molecule has 1 aliphatic heterocycles. The predicted octanol–water partition coefficient (Wildman–Crippen LogP) is -0.176. The summed E-state index contributed by atoms with van der Waals surface area (Å²) in [6.07, 6.45) is -1.00. The minimum Gasteiger partial charge on any atom is -0.465 e. The Morgan fingerprint density at radius 2 is 2.05 bits per heavy atom. The third-order valence-electron chi connectivity index (χ3n) is 3.23. The maximum absolute atomic E-state index is 12.4. The van der Waals surface area contributed by atoms with Crippen LogP contribution in [0.2, 0.25) is 0 Å². The van der Waals surface area contributed by atoms with Gasteiger partial charge in [-0.25, -0.2) is 4.79 Å². The average molecular weight is 291 g/mol. The largest absolute Gasteiger partial charge is 0.465 e. The molecule has 0 bridgehead atoms. The number of benzene rings is 1. The standard InChI is InChI=1S/C14H17N3O4/c18-12-9-17(7-6-15-12)13(19)11(16-14(20)21)8-10-4-2-1-3-5-10/h1-5,11,16H,6-9H2,(H,15,18)(H,20,21). The van der Waals surface area contributed by atoms with E-state index in [0.717, 1.165) is 5.56 Å². The van der Waals surface area contributed by atoms with E-state index in [-0.39, 0.29) is 24.8 Å². The van der Waals surface area contributed by atoms with Crippen molar-refractivity contribution in [3.63, 3.8) is 0 Å². The highest BCUT2D eigenvalue weighted by Gasteiger charge is 2.29. The molecule has 2 rings (SSSR count). The number of rotatable bonds is 4. The second-order valence-electron chi connectivity index (χ2n) is 4.80. The monoisotopic (exact) mass is 291 g/mol. The zero-order valence-electron chi connectivity index (χ0n) is 11.4. The van der Waals surface area contributed by atoms with Gasteiger partial charge in [-0.05, 0) is 5.56 Å². The minimum atomic E-state index is -1.26. The average Bonchev–Trinajstić information content (AvgIpc) is 2.46. The van der Waals surface area contributed by atoms with Crippen molar-refractivity contribution in [3.05, 3.63) is 35.9 Å². The molecule has 1 heterocycles. The van der Waals surface area contributed by atoms with Crippen LogP contribution in [0.25, 0.3) is 0 Å². The zero-order valence-corrected chi connectivity index (χ0v) is 11.4. The smallest absolute Gasteiger partial charge is 0.405 e. The van der Waals surface area contributed by atoms with Gasteiger partial charge in [-0.2, -0.15) is 0 Å². The Bertz CT molecular complexity index is 532. The fraction of sp³-hybridized carbons (Fsp3) is 0.357. The van der Waals surface area contributed by atoms with Crippen molar-refractivity contribution in [3.8, 4) is 0 Å². The van der Waals surface area contributed by atoms with Crippen molar-refractivity contribution in [1.82, 2.24) is 15.5 Å². The van der Waals surface area contributed by atoms with Crippen LogP contribution in [-0.2, 0) is 16.0 Å². The molecular weight excluding hydrogens is 274 g/mol. The Morgan fingerprint density at radius 3 is 2.67 bits per heavy atom.